The summed E-state index contributed by atoms with van der Waals surface area (Å²) >= 11 is 1.58. The van der Waals surface area contributed by atoms with Crippen LogP contribution in [0, 0.1) is 0 Å². The van der Waals surface area contributed by atoms with Crippen molar-refractivity contribution in [3.05, 3.63) is 41.0 Å². The van der Waals surface area contributed by atoms with Crippen LogP contribution in [-0.2, 0) is 21.3 Å². The highest BCUT2D eigenvalue weighted by Crippen LogP contribution is 2.35. The molecule has 1 aromatic carbocycles. The average molecular weight is 564 g/mol. The molecule has 4 aromatic rings. The van der Waals surface area contributed by atoms with Gasteiger partial charge in [-0.1, -0.05) is 12.1 Å². The fourth-order valence-electron chi connectivity index (χ4n) is 4.96. The van der Waals surface area contributed by atoms with E-state index >= 15 is 0 Å². The first-order valence-electron chi connectivity index (χ1n) is 12.3. The first-order chi connectivity index (χ1) is 18.3. The number of nitrogens with zero attached hydrogens (tertiary/aromatic N) is 7. The van der Waals surface area contributed by atoms with Crippen molar-refractivity contribution in [1.82, 2.24) is 28.7 Å². The summed E-state index contributed by atoms with van der Waals surface area (Å²) in [7, 11) is -3.20. The van der Waals surface area contributed by atoms with E-state index in [1.807, 2.05) is 6.07 Å². The summed E-state index contributed by atoms with van der Waals surface area (Å²) in [5, 5.41) is 0. The molecule has 38 heavy (non-hydrogen) atoms. The SMILES string of the molecule is CS(=O)(=O)N1CCN(Cc2cc3nc(-n4c(C(F)F)nc5ccccc54)nc(N4CCOCC4)c3s2)CC1. The minimum absolute atomic E-state index is 0.161. The Morgan fingerprint density at radius 1 is 1.00 bits per heavy atom. The summed E-state index contributed by atoms with van der Waals surface area (Å²) in [4.78, 5) is 19.1. The molecule has 6 rings (SSSR count). The van der Waals surface area contributed by atoms with Crippen LogP contribution in [-0.4, -0.2) is 95.9 Å². The summed E-state index contributed by atoms with van der Waals surface area (Å²) in [5.74, 6) is 0.469. The number of fused-ring (bicyclic) bond motifs is 2. The van der Waals surface area contributed by atoms with Crippen LogP contribution in [0.4, 0.5) is 14.6 Å². The van der Waals surface area contributed by atoms with E-state index in [1.54, 1.807) is 35.6 Å². The monoisotopic (exact) mass is 563 g/mol. The molecule has 14 heteroatoms. The van der Waals surface area contributed by atoms with E-state index in [2.05, 4.69) is 14.8 Å². The van der Waals surface area contributed by atoms with E-state index in [0.717, 1.165) is 9.58 Å². The van der Waals surface area contributed by atoms with Crippen molar-refractivity contribution in [3.8, 4) is 5.95 Å². The molecule has 0 amide bonds. The molecule has 0 spiro atoms. The van der Waals surface area contributed by atoms with Crippen molar-refractivity contribution in [1.29, 1.82) is 0 Å². The quantitative estimate of drug-likeness (QED) is 0.354. The van der Waals surface area contributed by atoms with Gasteiger partial charge in [0.2, 0.25) is 16.0 Å². The lowest BCUT2D eigenvalue weighted by Crippen LogP contribution is -2.47. The number of benzene rings is 1. The predicted octanol–water partition coefficient (Wildman–Crippen LogP) is 2.88. The molecule has 5 heterocycles. The van der Waals surface area contributed by atoms with Gasteiger partial charge in [-0.25, -0.2) is 27.2 Å². The summed E-state index contributed by atoms with van der Waals surface area (Å²) in [6, 6.07) is 8.97. The number of sulfonamides is 1. The van der Waals surface area contributed by atoms with Crippen molar-refractivity contribution in [3.63, 3.8) is 0 Å². The number of piperazine rings is 1. The molecule has 202 valence electrons. The van der Waals surface area contributed by atoms with Gasteiger partial charge in [-0.05, 0) is 18.2 Å². The largest absolute Gasteiger partial charge is 0.378 e. The molecule has 0 N–H and O–H groups in total. The smallest absolute Gasteiger partial charge is 0.296 e. The number of hydrogen-bond acceptors (Lipinski definition) is 9. The van der Waals surface area contributed by atoms with Crippen LogP contribution in [0.3, 0.4) is 0 Å². The Hall–Kier alpha value is -2.78. The van der Waals surface area contributed by atoms with E-state index in [1.165, 1.54) is 15.1 Å². The Labute approximate surface area is 222 Å². The molecule has 10 nitrogen and oxygen atoms in total. The Morgan fingerprint density at radius 2 is 1.74 bits per heavy atom. The molecule has 2 saturated heterocycles. The van der Waals surface area contributed by atoms with Gasteiger partial charge in [0.1, 0.15) is 0 Å². The molecule has 2 fully saturated rings. The zero-order chi connectivity index (χ0) is 26.4. The zero-order valence-electron chi connectivity index (χ0n) is 20.8. The number of halogens is 2. The Kier molecular flexibility index (Phi) is 6.76. The first-order valence-corrected chi connectivity index (χ1v) is 15.0. The van der Waals surface area contributed by atoms with Gasteiger partial charge in [-0.15, -0.1) is 11.3 Å². The lowest BCUT2D eigenvalue weighted by molar-refractivity contribution is 0.122. The third-order valence-electron chi connectivity index (χ3n) is 6.87. The number of ether oxygens (including phenoxy) is 1. The lowest BCUT2D eigenvalue weighted by atomic mass is 10.3. The Balaban J connectivity index is 1.40. The maximum absolute atomic E-state index is 14.1. The Morgan fingerprint density at radius 3 is 2.45 bits per heavy atom. The fourth-order valence-corrected chi connectivity index (χ4v) is 6.94. The van der Waals surface area contributed by atoms with Gasteiger partial charge in [0.05, 0.1) is 40.7 Å². The third-order valence-corrected chi connectivity index (χ3v) is 9.27. The molecular formula is C24H27F2N7O3S2. The van der Waals surface area contributed by atoms with Crippen molar-refractivity contribution in [2.75, 3.05) is 63.6 Å². The molecule has 2 aliphatic rings. The van der Waals surface area contributed by atoms with Gasteiger partial charge >= 0.3 is 0 Å². The summed E-state index contributed by atoms with van der Waals surface area (Å²) in [5.41, 5.74) is 1.66. The summed E-state index contributed by atoms with van der Waals surface area (Å²) in [6.07, 6.45) is -1.56. The second kappa shape index (κ2) is 10.1. The first kappa shape index (κ1) is 25.5. The maximum atomic E-state index is 14.1. The van der Waals surface area contributed by atoms with E-state index in [0.29, 0.717) is 81.4 Å². The van der Waals surface area contributed by atoms with E-state index in [-0.39, 0.29) is 5.95 Å². The molecule has 0 unspecified atom stereocenters. The second-order valence-electron chi connectivity index (χ2n) is 9.41. The normalized spacial score (nSPS) is 18.3. The van der Waals surface area contributed by atoms with Crippen LogP contribution >= 0.6 is 11.3 Å². The predicted molar refractivity (Wildman–Crippen MR) is 142 cm³/mol. The minimum atomic E-state index is -3.20. The number of rotatable bonds is 6. The Bertz CT molecular complexity index is 1580. The van der Waals surface area contributed by atoms with E-state index in [4.69, 9.17) is 14.7 Å². The molecule has 0 atom stereocenters. The molecule has 2 aliphatic heterocycles. The average Bonchev–Trinajstić information content (AvgIpc) is 3.49. The van der Waals surface area contributed by atoms with Crippen LogP contribution in [0.2, 0.25) is 0 Å². The second-order valence-corrected chi connectivity index (χ2v) is 12.5. The van der Waals surface area contributed by atoms with E-state index in [9.17, 15) is 17.2 Å². The van der Waals surface area contributed by atoms with Crippen LogP contribution < -0.4 is 4.90 Å². The van der Waals surface area contributed by atoms with Gasteiger partial charge in [0.25, 0.3) is 6.43 Å². The summed E-state index contributed by atoms with van der Waals surface area (Å²) in [6.45, 7) is 5.21. The molecule has 0 bridgehead atoms. The highest BCUT2D eigenvalue weighted by Gasteiger charge is 2.27. The van der Waals surface area contributed by atoms with Crippen LogP contribution in [0.15, 0.2) is 30.3 Å². The minimum Gasteiger partial charge on any atom is -0.378 e. The highest BCUT2D eigenvalue weighted by molar-refractivity contribution is 7.88. The van der Waals surface area contributed by atoms with Crippen LogP contribution in [0.1, 0.15) is 17.1 Å². The highest BCUT2D eigenvalue weighted by atomic mass is 32.2. The molecular weight excluding hydrogens is 536 g/mol. The zero-order valence-corrected chi connectivity index (χ0v) is 22.4. The molecule has 0 radical (unpaired) electrons. The van der Waals surface area contributed by atoms with Crippen molar-refractivity contribution >= 4 is 48.4 Å². The molecule has 0 saturated carbocycles. The standard InChI is InChI=1S/C24H27F2N7O3S2/c1-38(34,35)32-8-6-30(7-9-32)15-16-14-18-20(37-16)22(31-10-12-36-13-11-31)29-24(28-18)33-19-5-3-2-4-17(19)27-23(33)21(25)26/h2-5,14,21H,6-13,15H2,1H3. The van der Waals surface area contributed by atoms with Gasteiger partial charge < -0.3 is 9.64 Å². The maximum Gasteiger partial charge on any atom is 0.296 e. The van der Waals surface area contributed by atoms with Crippen LogP contribution in [0.5, 0.6) is 0 Å². The number of morpholine rings is 1. The fraction of sp³-hybridized carbons (Fsp3) is 0.458. The molecule has 3 aromatic heterocycles. The number of thiophene rings is 1. The van der Waals surface area contributed by atoms with Gasteiger partial charge in [-0.2, -0.15) is 9.29 Å². The number of alkyl halides is 2. The van der Waals surface area contributed by atoms with Crippen molar-refractivity contribution < 1.29 is 21.9 Å². The number of anilines is 1. The topological polar surface area (TPSA) is 96.7 Å². The van der Waals surface area contributed by atoms with Gasteiger partial charge in [0.15, 0.2) is 11.6 Å². The number of imidazole rings is 1. The summed E-state index contributed by atoms with van der Waals surface area (Å²) < 4.78 is 61.1. The van der Waals surface area contributed by atoms with Gasteiger partial charge in [0, 0.05) is 50.7 Å². The van der Waals surface area contributed by atoms with Crippen molar-refractivity contribution in [2.24, 2.45) is 0 Å². The van der Waals surface area contributed by atoms with Crippen molar-refractivity contribution in [2.45, 2.75) is 13.0 Å². The third kappa shape index (κ3) is 4.86. The number of hydrogen-bond donors (Lipinski definition) is 0. The molecule has 0 aliphatic carbocycles. The van der Waals surface area contributed by atoms with Crippen LogP contribution in [0.25, 0.3) is 27.2 Å². The number of para-hydroxylation sites is 2. The van der Waals surface area contributed by atoms with Gasteiger partial charge in [-0.3, -0.25) is 9.47 Å². The number of aromatic nitrogens is 4. The lowest BCUT2D eigenvalue weighted by Gasteiger charge is -2.32. The van der Waals surface area contributed by atoms with E-state index < -0.39 is 22.3 Å².